The van der Waals surface area contributed by atoms with Crippen molar-refractivity contribution < 1.29 is 37.4 Å². The lowest BCUT2D eigenvalue weighted by Gasteiger charge is -2.31. The number of carbonyl (C=O) groups is 4. The number of hydrogen-bond acceptors (Lipinski definition) is 8. The fourth-order valence-corrected chi connectivity index (χ4v) is 4.23. The number of pyridine rings is 1. The van der Waals surface area contributed by atoms with Crippen LogP contribution in [0.2, 0.25) is 5.02 Å². The molecule has 0 unspecified atom stereocenters. The van der Waals surface area contributed by atoms with E-state index in [1.807, 2.05) is 0 Å². The summed E-state index contributed by atoms with van der Waals surface area (Å²) in [5, 5.41) is 9.68. The number of nitrogens with zero attached hydrogens (tertiary/aromatic N) is 2. The van der Waals surface area contributed by atoms with Crippen molar-refractivity contribution in [3.63, 3.8) is 0 Å². The maximum absolute atomic E-state index is 14.0. The molecule has 45 heavy (non-hydrogen) atoms. The summed E-state index contributed by atoms with van der Waals surface area (Å²) >= 11 is 6.05. The Kier molecular flexibility index (Phi) is 12.4. The molecule has 0 radical (unpaired) electrons. The highest BCUT2D eigenvalue weighted by Crippen LogP contribution is 2.20. The highest BCUT2D eigenvalue weighted by Gasteiger charge is 2.26. The van der Waals surface area contributed by atoms with Crippen LogP contribution in [0.15, 0.2) is 48.7 Å². The van der Waals surface area contributed by atoms with Crippen LogP contribution < -0.4 is 21.4 Å². The van der Waals surface area contributed by atoms with Crippen molar-refractivity contribution in [2.24, 2.45) is 0 Å². The zero-order valence-corrected chi connectivity index (χ0v) is 26.0. The van der Waals surface area contributed by atoms with Gasteiger partial charge in [-0.15, -0.1) is 0 Å². The molecule has 1 atom stereocenters. The number of benzene rings is 2. The first-order valence-electron chi connectivity index (χ1n) is 13.9. The minimum absolute atomic E-state index is 0.0484. The van der Waals surface area contributed by atoms with Gasteiger partial charge in [-0.3, -0.25) is 19.9 Å². The maximum Gasteiger partial charge on any atom is 0.412 e. The molecule has 0 saturated carbocycles. The summed E-state index contributed by atoms with van der Waals surface area (Å²) in [6, 6.07) is 8.75. The zero-order valence-electron chi connectivity index (χ0n) is 25.2. The van der Waals surface area contributed by atoms with Gasteiger partial charge in [0.15, 0.2) is 0 Å². The minimum Gasteiger partial charge on any atom is -0.447 e. The summed E-state index contributed by atoms with van der Waals surface area (Å²) < 4.78 is 38.1. The first kappa shape index (κ1) is 34.9. The fourth-order valence-electron chi connectivity index (χ4n) is 4.04. The van der Waals surface area contributed by atoms with Crippen molar-refractivity contribution in [1.82, 2.24) is 26.1 Å². The van der Waals surface area contributed by atoms with Crippen molar-refractivity contribution >= 4 is 52.2 Å². The number of rotatable bonds is 12. The first-order chi connectivity index (χ1) is 21.2. The smallest absolute Gasteiger partial charge is 0.412 e. The van der Waals surface area contributed by atoms with E-state index in [2.05, 4.69) is 26.4 Å². The second kappa shape index (κ2) is 16.0. The maximum atomic E-state index is 14.0. The predicted octanol–water partition coefficient (Wildman–Crippen LogP) is 4.67. The summed E-state index contributed by atoms with van der Waals surface area (Å²) in [4.78, 5) is 54.1. The van der Waals surface area contributed by atoms with E-state index >= 15 is 0 Å². The van der Waals surface area contributed by atoms with Crippen molar-refractivity contribution in [3.8, 4) is 0 Å². The Morgan fingerprint density at radius 1 is 1.00 bits per heavy atom. The summed E-state index contributed by atoms with van der Waals surface area (Å²) in [7, 11) is 0. The van der Waals surface area contributed by atoms with E-state index in [0.717, 1.165) is 5.01 Å². The molecule has 0 spiro atoms. The Morgan fingerprint density at radius 2 is 1.73 bits per heavy atom. The second-order valence-electron chi connectivity index (χ2n) is 10.9. The molecule has 2 aromatic carbocycles. The molecule has 1 heterocycles. The Bertz CT molecular complexity index is 1540. The van der Waals surface area contributed by atoms with E-state index in [9.17, 15) is 28.0 Å². The van der Waals surface area contributed by atoms with E-state index in [0.29, 0.717) is 16.3 Å². The molecule has 12 nitrogen and oxygen atoms in total. The number of hydrazine groups is 1. The number of anilines is 1. The molecule has 0 saturated heterocycles. The van der Waals surface area contributed by atoms with Gasteiger partial charge < -0.3 is 20.1 Å². The molecule has 0 aliphatic heterocycles. The molecule has 4 amide bonds. The van der Waals surface area contributed by atoms with Gasteiger partial charge in [0.05, 0.1) is 17.5 Å². The van der Waals surface area contributed by atoms with Crippen LogP contribution in [0, 0.1) is 11.6 Å². The van der Waals surface area contributed by atoms with Crippen LogP contribution in [0.25, 0.3) is 10.8 Å². The van der Waals surface area contributed by atoms with Crippen LogP contribution in [0.5, 0.6) is 0 Å². The van der Waals surface area contributed by atoms with Gasteiger partial charge in [0.2, 0.25) is 11.8 Å². The molecular weight excluding hydrogens is 614 g/mol. The number of ether oxygens (including phenoxy) is 2. The monoisotopic (exact) mass is 648 g/mol. The summed E-state index contributed by atoms with van der Waals surface area (Å²) in [5.41, 5.74) is 2.49. The van der Waals surface area contributed by atoms with E-state index in [-0.39, 0.29) is 36.9 Å². The van der Waals surface area contributed by atoms with Crippen LogP contribution in [0.4, 0.5) is 24.2 Å². The third kappa shape index (κ3) is 11.5. The summed E-state index contributed by atoms with van der Waals surface area (Å²) in [6.45, 7) is 5.97. The Balaban J connectivity index is 1.66. The molecule has 0 aliphatic rings. The normalized spacial score (nSPS) is 11.8. The number of aromatic nitrogens is 1. The molecule has 0 aliphatic carbocycles. The summed E-state index contributed by atoms with van der Waals surface area (Å²) in [5.74, 6) is -2.07. The van der Waals surface area contributed by atoms with Crippen molar-refractivity contribution in [1.29, 1.82) is 0 Å². The van der Waals surface area contributed by atoms with Crippen LogP contribution >= 0.6 is 11.6 Å². The average Bonchev–Trinajstić information content (AvgIpc) is 2.94. The Labute approximate surface area is 263 Å². The Morgan fingerprint density at radius 3 is 2.44 bits per heavy atom. The number of carbonyl (C=O) groups excluding carboxylic acids is 4. The van der Waals surface area contributed by atoms with Gasteiger partial charge in [0.25, 0.3) is 0 Å². The highest BCUT2D eigenvalue weighted by molar-refractivity contribution is 6.31. The van der Waals surface area contributed by atoms with Gasteiger partial charge in [-0.1, -0.05) is 23.7 Å². The number of alkyl carbamates (subject to hydrolysis) is 1. The number of nitrogens with one attached hydrogen (secondary N) is 4. The van der Waals surface area contributed by atoms with Crippen LogP contribution in [-0.2, 0) is 25.6 Å². The Hall–Kier alpha value is -4.56. The quantitative estimate of drug-likeness (QED) is 0.163. The minimum atomic E-state index is -1.03. The third-order valence-electron chi connectivity index (χ3n) is 6.03. The number of amides is 4. The lowest BCUT2D eigenvalue weighted by atomic mass is 10.2. The topological polar surface area (TPSA) is 151 Å². The molecule has 15 heteroatoms. The van der Waals surface area contributed by atoms with Gasteiger partial charge in [-0.25, -0.2) is 28.8 Å². The molecule has 0 bridgehead atoms. The predicted molar refractivity (Wildman–Crippen MR) is 163 cm³/mol. The first-order valence-corrected chi connectivity index (χ1v) is 14.3. The van der Waals surface area contributed by atoms with Gasteiger partial charge in [0, 0.05) is 38.1 Å². The van der Waals surface area contributed by atoms with Gasteiger partial charge in [0.1, 0.15) is 29.7 Å². The SMILES string of the molecule is CC(=O)N(NCc1cccc(F)c1Cl)[C@H](COC(=O)Nc1cc2cc(F)ccc2cn1)CC(=O)NCCNC(=O)OC(C)(C)C. The molecule has 0 fully saturated rings. The largest absolute Gasteiger partial charge is 0.447 e. The van der Waals surface area contributed by atoms with E-state index in [1.165, 1.54) is 43.5 Å². The van der Waals surface area contributed by atoms with Crippen molar-refractivity contribution in [2.75, 3.05) is 25.0 Å². The van der Waals surface area contributed by atoms with Crippen LogP contribution in [0.3, 0.4) is 0 Å². The molecule has 3 rings (SSSR count). The molecule has 242 valence electrons. The number of hydrogen-bond donors (Lipinski definition) is 4. The summed E-state index contributed by atoms with van der Waals surface area (Å²) in [6.07, 6.45) is -0.463. The van der Waals surface area contributed by atoms with Crippen LogP contribution in [-0.4, -0.2) is 65.3 Å². The average molecular weight is 649 g/mol. The standard InChI is InChI=1S/C30H35ClF2N6O6/c1-18(40)39(37-16-20-6-5-7-24(33)27(20)31)23(14-26(41)34-10-11-35-28(42)45-30(2,3)4)17-44-29(43)38-25-13-21-12-22(32)9-8-19(21)15-36-25/h5-9,12-13,15,23,37H,10-11,14,16-17H2,1-4H3,(H,34,41)(H,35,42)(H,36,38,43)/t23-/m0/s1. The van der Waals surface area contributed by atoms with Gasteiger partial charge in [-0.2, -0.15) is 0 Å². The lowest BCUT2D eigenvalue weighted by molar-refractivity contribution is -0.138. The molecule has 1 aromatic heterocycles. The van der Waals surface area contributed by atoms with E-state index < -0.39 is 53.9 Å². The highest BCUT2D eigenvalue weighted by atomic mass is 35.5. The van der Waals surface area contributed by atoms with Crippen molar-refractivity contribution in [2.45, 2.75) is 52.3 Å². The van der Waals surface area contributed by atoms with Gasteiger partial charge in [-0.05, 0) is 62.1 Å². The number of fused-ring (bicyclic) bond motifs is 1. The van der Waals surface area contributed by atoms with Gasteiger partial charge >= 0.3 is 12.2 Å². The van der Waals surface area contributed by atoms with E-state index in [1.54, 1.807) is 32.9 Å². The van der Waals surface area contributed by atoms with Crippen LogP contribution in [0.1, 0.15) is 39.7 Å². The fraction of sp³-hybridized carbons (Fsp3) is 0.367. The number of halogens is 3. The van der Waals surface area contributed by atoms with E-state index in [4.69, 9.17) is 21.1 Å². The molecule has 3 aromatic rings. The molecular formula is C30H35ClF2N6O6. The third-order valence-corrected chi connectivity index (χ3v) is 6.46. The zero-order chi connectivity index (χ0) is 33.1. The van der Waals surface area contributed by atoms with Crippen molar-refractivity contribution in [3.05, 3.63) is 70.9 Å². The second-order valence-corrected chi connectivity index (χ2v) is 11.2. The molecule has 4 N–H and O–H groups in total. The lowest BCUT2D eigenvalue weighted by Crippen LogP contribution is -2.52.